The average Bonchev–Trinajstić information content (AvgIpc) is 2.75. The first-order valence-corrected chi connectivity index (χ1v) is 6.21. The highest BCUT2D eigenvalue weighted by atomic mass is 35.5. The molecule has 0 saturated carbocycles. The van der Waals surface area contributed by atoms with Gasteiger partial charge in [0.2, 0.25) is 0 Å². The Balaban J connectivity index is 1.86. The summed E-state index contributed by atoms with van der Waals surface area (Å²) in [4.78, 5) is 0. The van der Waals surface area contributed by atoms with Crippen LogP contribution >= 0.6 is 23.8 Å². The van der Waals surface area contributed by atoms with E-state index >= 15 is 0 Å². The molecule has 0 fully saturated rings. The lowest BCUT2D eigenvalue weighted by Gasteiger charge is -2.10. The van der Waals surface area contributed by atoms with Crippen molar-refractivity contribution in [3.63, 3.8) is 0 Å². The molecule has 6 heteroatoms. The SMILES string of the molecule is Cn1nccc1CNC(=S)Nc1ccc(Cl)cc1. The van der Waals surface area contributed by atoms with Crippen molar-refractivity contribution < 1.29 is 0 Å². The third-order valence-electron chi connectivity index (χ3n) is 2.45. The average molecular weight is 281 g/mol. The molecule has 0 amide bonds. The van der Waals surface area contributed by atoms with Crippen molar-refractivity contribution in [1.82, 2.24) is 15.1 Å². The number of thiocarbonyl (C=S) groups is 1. The molecule has 2 aromatic rings. The lowest BCUT2D eigenvalue weighted by atomic mass is 10.3. The third kappa shape index (κ3) is 3.45. The Labute approximate surface area is 116 Å². The number of benzene rings is 1. The molecule has 18 heavy (non-hydrogen) atoms. The minimum absolute atomic E-state index is 0.568. The van der Waals surface area contributed by atoms with Gasteiger partial charge in [0.05, 0.1) is 12.2 Å². The van der Waals surface area contributed by atoms with E-state index in [4.69, 9.17) is 23.8 Å². The lowest BCUT2D eigenvalue weighted by molar-refractivity contribution is 0.695. The van der Waals surface area contributed by atoms with Crippen LogP contribution in [-0.4, -0.2) is 14.9 Å². The summed E-state index contributed by atoms with van der Waals surface area (Å²) in [6.45, 7) is 0.635. The van der Waals surface area contributed by atoms with Gasteiger partial charge in [-0.2, -0.15) is 5.10 Å². The van der Waals surface area contributed by atoms with Gasteiger partial charge in [-0.3, -0.25) is 4.68 Å². The van der Waals surface area contributed by atoms with E-state index in [2.05, 4.69) is 15.7 Å². The minimum atomic E-state index is 0.568. The minimum Gasteiger partial charge on any atom is -0.357 e. The van der Waals surface area contributed by atoms with E-state index in [9.17, 15) is 0 Å². The number of nitrogens with one attached hydrogen (secondary N) is 2. The van der Waals surface area contributed by atoms with E-state index in [0.717, 1.165) is 11.4 Å². The summed E-state index contributed by atoms with van der Waals surface area (Å²) in [5.74, 6) is 0. The summed E-state index contributed by atoms with van der Waals surface area (Å²) < 4.78 is 1.80. The molecule has 94 valence electrons. The van der Waals surface area contributed by atoms with Crippen molar-refractivity contribution in [3.05, 3.63) is 47.2 Å². The van der Waals surface area contributed by atoms with Gasteiger partial charge in [0.25, 0.3) is 0 Å². The zero-order valence-electron chi connectivity index (χ0n) is 9.85. The number of nitrogens with zero attached hydrogens (tertiary/aromatic N) is 2. The van der Waals surface area contributed by atoms with Crippen LogP contribution in [0.1, 0.15) is 5.69 Å². The molecule has 2 N–H and O–H groups in total. The second kappa shape index (κ2) is 5.84. The van der Waals surface area contributed by atoms with Crippen LogP contribution in [0.5, 0.6) is 0 Å². The van der Waals surface area contributed by atoms with Crippen LogP contribution in [0.2, 0.25) is 5.02 Å². The topological polar surface area (TPSA) is 41.9 Å². The van der Waals surface area contributed by atoms with E-state index in [1.54, 1.807) is 10.9 Å². The molecular formula is C12H13ClN4S. The molecule has 2 rings (SSSR count). The van der Waals surface area contributed by atoms with Crippen molar-refractivity contribution in [2.24, 2.45) is 7.05 Å². The van der Waals surface area contributed by atoms with Crippen molar-refractivity contribution in [1.29, 1.82) is 0 Å². The zero-order valence-corrected chi connectivity index (χ0v) is 11.4. The Morgan fingerprint density at radius 3 is 2.67 bits per heavy atom. The highest BCUT2D eigenvalue weighted by Gasteiger charge is 2.00. The third-order valence-corrected chi connectivity index (χ3v) is 2.95. The van der Waals surface area contributed by atoms with Gasteiger partial charge in [-0.25, -0.2) is 0 Å². The molecule has 4 nitrogen and oxygen atoms in total. The van der Waals surface area contributed by atoms with Gasteiger partial charge in [-0.05, 0) is 42.5 Å². The van der Waals surface area contributed by atoms with Gasteiger partial charge < -0.3 is 10.6 Å². The predicted octanol–water partition coefficient (Wildman–Crippen LogP) is 2.56. The fourth-order valence-electron chi connectivity index (χ4n) is 1.45. The van der Waals surface area contributed by atoms with E-state index in [1.807, 2.05) is 37.4 Å². The maximum atomic E-state index is 5.81. The fraction of sp³-hybridized carbons (Fsp3) is 0.167. The van der Waals surface area contributed by atoms with Crippen LogP contribution in [0.4, 0.5) is 5.69 Å². The summed E-state index contributed by atoms with van der Waals surface area (Å²) in [6, 6.07) is 9.32. The van der Waals surface area contributed by atoms with E-state index in [1.165, 1.54) is 0 Å². The van der Waals surface area contributed by atoms with Gasteiger partial charge in [-0.1, -0.05) is 11.6 Å². The molecule has 0 atom stereocenters. The smallest absolute Gasteiger partial charge is 0.171 e. The fourth-order valence-corrected chi connectivity index (χ4v) is 1.77. The molecule has 0 unspecified atom stereocenters. The first kappa shape index (κ1) is 12.9. The Bertz CT molecular complexity index is 535. The van der Waals surface area contributed by atoms with Gasteiger partial charge in [0.15, 0.2) is 5.11 Å². The normalized spacial score (nSPS) is 10.1. The standard InChI is InChI=1S/C12H13ClN4S/c1-17-11(6-7-15-17)8-14-12(18)16-10-4-2-9(13)3-5-10/h2-7H,8H2,1H3,(H2,14,16,18). The van der Waals surface area contributed by atoms with Crippen molar-refractivity contribution >= 4 is 34.6 Å². The molecule has 0 radical (unpaired) electrons. The van der Waals surface area contributed by atoms with Crippen LogP contribution < -0.4 is 10.6 Å². The van der Waals surface area contributed by atoms with Crippen molar-refractivity contribution in [3.8, 4) is 0 Å². The summed E-state index contributed by atoms with van der Waals surface area (Å²) in [5, 5.41) is 11.6. The highest BCUT2D eigenvalue weighted by molar-refractivity contribution is 7.80. The van der Waals surface area contributed by atoms with E-state index in [0.29, 0.717) is 16.7 Å². The van der Waals surface area contributed by atoms with Crippen molar-refractivity contribution in [2.75, 3.05) is 5.32 Å². The predicted molar refractivity (Wildman–Crippen MR) is 77.7 cm³/mol. The first-order chi connectivity index (χ1) is 8.65. The van der Waals surface area contributed by atoms with E-state index in [-0.39, 0.29) is 0 Å². The summed E-state index contributed by atoms with van der Waals surface area (Å²) >= 11 is 11.0. The highest BCUT2D eigenvalue weighted by Crippen LogP contribution is 2.13. The molecule has 1 aromatic heterocycles. The van der Waals surface area contributed by atoms with Crippen LogP contribution in [-0.2, 0) is 13.6 Å². The number of aryl methyl sites for hydroxylation is 1. The molecule has 0 saturated heterocycles. The molecule has 1 aromatic carbocycles. The maximum absolute atomic E-state index is 5.81. The quantitative estimate of drug-likeness (QED) is 0.848. The van der Waals surface area contributed by atoms with Crippen LogP contribution in [0.25, 0.3) is 0 Å². The number of anilines is 1. The number of aromatic nitrogens is 2. The number of halogens is 1. The second-order valence-corrected chi connectivity index (χ2v) is 4.61. The van der Waals surface area contributed by atoms with Gasteiger partial charge >= 0.3 is 0 Å². The van der Waals surface area contributed by atoms with Crippen LogP contribution in [0, 0.1) is 0 Å². The number of hydrogen-bond acceptors (Lipinski definition) is 2. The Kier molecular flexibility index (Phi) is 4.17. The Morgan fingerprint density at radius 1 is 1.33 bits per heavy atom. The molecular weight excluding hydrogens is 268 g/mol. The van der Waals surface area contributed by atoms with Gasteiger partial charge in [0, 0.05) is 24.0 Å². The molecule has 0 spiro atoms. The first-order valence-electron chi connectivity index (χ1n) is 5.42. The summed E-state index contributed by atoms with van der Waals surface area (Å²) in [7, 11) is 1.90. The monoisotopic (exact) mass is 280 g/mol. The summed E-state index contributed by atoms with van der Waals surface area (Å²) in [5.41, 5.74) is 1.97. The van der Waals surface area contributed by atoms with Crippen molar-refractivity contribution in [2.45, 2.75) is 6.54 Å². The van der Waals surface area contributed by atoms with Gasteiger partial charge in [0.1, 0.15) is 0 Å². The molecule has 0 bridgehead atoms. The molecule has 0 aliphatic heterocycles. The molecule has 1 heterocycles. The summed E-state index contributed by atoms with van der Waals surface area (Å²) in [6.07, 6.45) is 1.76. The van der Waals surface area contributed by atoms with Crippen LogP contribution in [0.15, 0.2) is 36.5 Å². The second-order valence-electron chi connectivity index (χ2n) is 3.76. The number of rotatable bonds is 3. The van der Waals surface area contributed by atoms with Crippen LogP contribution in [0.3, 0.4) is 0 Å². The maximum Gasteiger partial charge on any atom is 0.171 e. The largest absolute Gasteiger partial charge is 0.357 e. The molecule has 0 aliphatic carbocycles. The zero-order chi connectivity index (χ0) is 13.0. The molecule has 0 aliphatic rings. The number of hydrogen-bond donors (Lipinski definition) is 2. The van der Waals surface area contributed by atoms with E-state index < -0.39 is 0 Å². The lowest BCUT2D eigenvalue weighted by Crippen LogP contribution is -2.28. The van der Waals surface area contributed by atoms with Gasteiger partial charge in [-0.15, -0.1) is 0 Å². The Morgan fingerprint density at radius 2 is 2.06 bits per heavy atom. The Hall–Kier alpha value is -1.59.